The molecule has 0 aromatic carbocycles. The van der Waals surface area contributed by atoms with Gasteiger partial charge in [-0.05, 0) is 24.2 Å². The Hall–Kier alpha value is -1.08. The highest BCUT2D eigenvalue weighted by Gasteiger charge is 2.44. The van der Waals surface area contributed by atoms with E-state index in [1.54, 1.807) is 0 Å². The van der Waals surface area contributed by atoms with E-state index < -0.39 is 0 Å². The van der Waals surface area contributed by atoms with Crippen molar-refractivity contribution in [1.82, 2.24) is 4.90 Å². The Morgan fingerprint density at radius 1 is 1.44 bits per heavy atom. The van der Waals surface area contributed by atoms with Gasteiger partial charge in [0.05, 0.1) is 6.54 Å². The van der Waals surface area contributed by atoms with Gasteiger partial charge in [-0.1, -0.05) is 19.8 Å². The number of primary amides is 1. The summed E-state index contributed by atoms with van der Waals surface area (Å²) in [7, 11) is 0. The Bertz CT molecular complexity index is 259. The van der Waals surface area contributed by atoms with Gasteiger partial charge in [-0.3, -0.25) is 9.69 Å². The average molecular weight is 223 g/mol. The highest BCUT2D eigenvalue weighted by molar-refractivity contribution is 5.76. The van der Waals surface area contributed by atoms with Gasteiger partial charge in [0.15, 0.2) is 0 Å². The lowest BCUT2D eigenvalue weighted by Gasteiger charge is -2.53. The molecular weight excluding hydrogens is 202 g/mol. The van der Waals surface area contributed by atoms with Crippen molar-refractivity contribution in [2.24, 2.45) is 17.1 Å². The quantitative estimate of drug-likeness (QED) is 0.762. The number of nitrogens with zero attached hydrogens (tertiary/aromatic N) is 2. The summed E-state index contributed by atoms with van der Waals surface area (Å²) in [6, 6.07) is 0. The highest BCUT2D eigenvalue weighted by Crippen LogP contribution is 2.45. The number of carbonyl (C=O) groups is 1. The Morgan fingerprint density at radius 3 is 2.38 bits per heavy atom. The van der Waals surface area contributed by atoms with E-state index in [0.717, 1.165) is 19.0 Å². The molecule has 0 aromatic rings. The number of nitriles is 1. The second kappa shape index (κ2) is 5.31. The van der Waals surface area contributed by atoms with Crippen LogP contribution in [0.15, 0.2) is 0 Å². The molecule has 1 spiro atoms. The van der Waals surface area contributed by atoms with Crippen molar-refractivity contribution >= 4 is 5.91 Å². The maximum absolute atomic E-state index is 10.7. The summed E-state index contributed by atoms with van der Waals surface area (Å²) in [5.74, 6) is 0.717. The molecule has 4 nitrogen and oxygen atoms in total. The molecule has 1 aliphatic carbocycles. The van der Waals surface area contributed by atoms with Crippen LogP contribution in [0.25, 0.3) is 0 Å². The maximum Gasteiger partial charge on any atom is 0.231 e. The third-order valence-corrected chi connectivity index (χ3v) is 3.83. The van der Waals surface area contributed by atoms with Crippen molar-refractivity contribution in [2.45, 2.75) is 32.6 Å². The second-order valence-corrected chi connectivity index (χ2v) is 5.29. The molecule has 0 unspecified atom stereocenters. The van der Waals surface area contributed by atoms with Crippen LogP contribution in [0.5, 0.6) is 0 Å². The Morgan fingerprint density at radius 2 is 1.94 bits per heavy atom. The molecule has 1 amide bonds. The summed E-state index contributed by atoms with van der Waals surface area (Å²) in [4.78, 5) is 12.9. The molecule has 1 aliphatic heterocycles. The third-order valence-electron chi connectivity index (χ3n) is 3.83. The molecule has 0 atom stereocenters. The van der Waals surface area contributed by atoms with Crippen LogP contribution in [0.1, 0.15) is 32.6 Å². The van der Waals surface area contributed by atoms with Gasteiger partial charge in [-0.25, -0.2) is 5.26 Å². The first kappa shape index (κ1) is 13.0. The van der Waals surface area contributed by atoms with E-state index in [2.05, 4.69) is 18.4 Å². The Labute approximate surface area is 97.4 Å². The lowest BCUT2D eigenvalue weighted by molar-refractivity contribution is -0.123. The van der Waals surface area contributed by atoms with E-state index in [0.29, 0.717) is 12.0 Å². The number of amides is 1. The van der Waals surface area contributed by atoms with E-state index in [4.69, 9.17) is 11.0 Å². The summed E-state index contributed by atoms with van der Waals surface area (Å²) < 4.78 is 0. The van der Waals surface area contributed by atoms with Crippen molar-refractivity contribution < 1.29 is 4.79 Å². The fourth-order valence-electron chi connectivity index (χ4n) is 2.93. The predicted octanol–water partition coefficient (Wildman–Crippen LogP) is 1.12. The maximum atomic E-state index is 10.7. The largest absolute Gasteiger partial charge is 0.369 e. The van der Waals surface area contributed by atoms with Gasteiger partial charge in [0.2, 0.25) is 5.91 Å². The monoisotopic (exact) mass is 223 g/mol. The summed E-state index contributed by atoms with van der Waals surface area (Å²) in [5.41, 5.74) is 5.72. The van der Waals surface area contributed by atoms with Crippen molar-refractivity contribution in [2.75, 3.05) is 19.6 Å². The molecule has 1 saturated heterocycles. The van der Waals surface area contributed by atoms with Crippen molar-refractivity contribution in [3.05, 3.63) is 0 Å². The molecular formula is C12H21N3O. The first-order valence-corrected chi connectivity index (χ1v) is 5.86. The van der Waals surface area contributed by atoms with Gasteiger partial charge >= 0.3 is 0 Å². The minimum atomic E-state index is -0.191. The van der Waals surface area contributed by atoms with Crippen LogP contribution < -0.4 is 5.73 Å². The van der Waals surface area contributed by atoms with Gasteiger partial charge in [0, 0.05) is 19.7 Å². The summed E-state index contributed by atoms with van der Waals surface area (Å²) in [6.07, 6.45) is 5.43. The van der Waals surface area contributed by atoms with E-state index in [1.807, 2.05) is 0 Å². The standard InChI is InChI=1S/C11H20N2O.CHN/c1-9-2-4-11(5-3-9)7-13(8-11)6-10(12)14;1-2/h9H,2-8H2,1H3,(H2,12,14);1H. The van der Waals surface area contributed by atoms with Gasteiger partial charge in [0.25, 0.3) is 0 Å². The molecule has 0 aromatic heterocycles. The number of likely N-dealkylation sites (tertiary alicyclic amines) is 1. The molecule has 4 heteroatoms. The Kier molecular flexibility index (Phi) is 4.31. The van der Waals surface area contributed by atoms with Gasteiger partial charge < -0.3 is 5.73 Å². The molecule has 2 rings (SSSR count). The average Bonchev–Trinajstić information content (AvgIpc) is 2.22. The lowest BCUT2D eigenvalue weighted by Crippen LogP contribution is -2.59. The number of carbonyl (C=O) groups excluding carboxylic acids is 1. The second-order valence-electron chi connectivity index (χ2n) is 5.29. The molecule has 2 fully saturated rings. The predicted molar refractivity (Wildman–Crippen MR) is 62.4 cm³/mol. The molecule has 0 radical (unpaired) electrons. The van der Waals surface area contributed by atoms with Gasteiger partial charge in [-0.15, -0.1) is 0 Å². The fourth-order valence-corrected chi connectivity index (χ4v) is 2.93. The Balaban J connectivity index is 0.000000606. The number of hydrogen-bond acceptors (Lipinski definition) is 3. The first-order valence-electron chi connectivity index (χ1n) is 5.86. The SMILES string of the molecule is C#N.CC1CCC2(CC1)CN(CC(N)=O)C2. The zero-order valence-electron chi connectivity index (χ0n) is 9.98. The molecule has 2 N–H and O–H groups in total. The zero-order chi connectivity index (χ0) is 12.2. The van der Waals surface area contributed by atoms with Crippen LogP contribution in [0, 0.1) is 23.2 Å². The highest BCUT2D eigenvalue weighted by atomic mass is 16.1. The van der Waals surface area contributed by atoms with Gasteiger partial charge in [-0.2, -0.15) is 0 Å². The molecule has 0 bridgehead atoms. The number of rotatable bonds is 2. The van der Waals surface area contributed by atoms with Gasteiger partial charge in [0.1, 0.15) is 0 Å². The molecule has 1 saturated carbocycles. The van der Waals surface area contributed by atoms with E-state index in [-0.39, 0.29) is 5.91 Å². The van der Waals surface area contributed by atoms with E-state index in [9.17, 15) is 4.79 Å². The summed E-state index contributed by atoms with van der Waals surface area (Å²) in [6.45, 7) is 8.50. The fraction of sp³-hybridized carbons (Fsp3) is 0.833. The first-order chi connectivity index (χ1) is 7.60. The van der Waals surface area contributed by atoms with Crippen LogP contribution in [0.2, 0.25) is 0 Å². The van der Waals surface area contributed by atoms with Crippen LogP contribution in [-0.4, -0.2) is 30.4 Å². The van der Waals surface area contributed by atoms with E-state index in [1.165, 1.54) is 25.7 Å². The molecule has 1 heterocycles. The lowest BCUT2D eigenvalue weighted by atomic mass is 9.66. The normalized spacial score (nSPS) is 24.2. The molecule has 2 aliphatic rings. The summed E-state index contributed by atoms with van der Waals surface area (Å²) >= 11 is 0. The van der Waals surface area contributed by atoms with Crippen molar-refractivity contribution in [1.29, 1.82) is 5.26 Å². The van der Waals surface area contributed by atoms with Crippen LogP contribution in [0.3, 0.4) is 0 Å². The van der Waals surface area contributed by atoms with Crippen LogP contribution >= 0.6 is 0 Å². The number of hydrogen-bond donors (Lipinski definition) is 1. The van der Waals surface area contributed by atoms with Crippen LogP contribution in [0.4, 0.5) is 0 Å². The summed E-state index contributed by atoms with van der Waals surface area (Å²) in [5, 5.41) is 6.50. The molecule has 16 heavy (non-hydrogen) atoms. The molecule has 90 valence electrons. The topological polar surface area (TPSA) is 70.1 Å². The van der Waals surface area contributed by atoms with Crippen molar-refractivity contribution in [3.63, 3.8) is 0 Å². The third kappa shape index (κ3) is 2.96. The van der Waals surface area contributed by atoms with Crippen molar-refractivity contribution in [3.8, 4) is 6.57 Å². The minimum absolute atomic E-state index is 0.191. The van der Waals surface area contributed by atoms with Crippen LogP contribution in [-0.2, 0) is 4.79 Å². The van der Waals surface area contributed by atoms with E-state index >= 15 is 0 Å². The zero-order valence-corrected chi connectivity index (χ0v) is 9.98. The smallest absolute Gasteiger partial charge is 0.231 e. The number of nitrogens with two attached hydrogens (primary N) is 1. The minimum Gasteiger partial charge on any atom is -0.369 e.